The molecule has 27 heavy (non-hydrogen) atoms. The number of nitrogens with zero attached hydrogens (tertiary/aromatic N) is 2. The third-order valence-electron chi connectivity index (χ3n) is 4.47. The first-order valence-corrected chi connectivity index (χ1v) is 9.38. The Bertz CT molecular complexity index is 665. The summed E-state index contributed by atoms with van der Waals surface area (Å²) < 4.78 is 5.77. The molecule has 1 aromatic carbocycles. The van der Waals surface area contributed by atoms with Crippen LogP contribution in [0.15, 0.2) is 36.0 Å². The zero-order chi connectivity index (χ0) is 19.6. The summed E-state index contributed by atoms with van der Waals surface area (Å²) in [5.74, 6) is 0.598. The van der Waals surface area contributed by atoms with E-state index in [2.05, 4.69) is 11.7 Å². The topological polar surface area (TPSA) is 103 Å². The van der Waals surface area contributed by atoms with Crippen LogP contribution in [0.3, 0.4) is 0 Å². The van der Waals surface area contributed by atoms with Crippen molar-refractivity contribution in [3.05, 3.63) is 42.0 Å². The van der Waals surface area contributed by atoms with Crippen molar-refractivity contribution in [2.45, 2.75) is 45.1 Å². The predicted molar refractivity (Wildman–Crippen MR) is 107 cm³/mol. The van der Waals surface area contributed by atoms with Crippen molar-refractivity contribution in [2.24, 2.45) is 16.6 Å². The SMILES string of the molecule is C=CCN(C(=O)c1cc(C)cc(OCCCON=C(N)N)c1)C1CCCC1. The quantitative estimate of drug-likeness (QED) is 0.215. The largest absolute Gasteiger partial charge is 0.493 e. The van der Waals surface area contributed by atoms with Crippen LogP contribution < -0.4 is 16.2 Å². The molecular formula is C20H30N4O3. The summed E-state index contributed by atoms with van der Waals surface area (Å²) in [5, 5.41) is 3.45. The molecule has 1 amide bonds. The maximum absolute atomic E-state index is 13.1. The molecule has 1 aliphatic carbocycles. The van der Waals surface area contributed by atoms with E-state index in [-0.39, 0.29) is 11.9 Å². The Kier molecular flexibility index (Phi) is 7.98. The summed E-state index contributed by atoms with van der Waals surface area (Å²) in [5.41, 5.74) is 12.0. The zero-order valence-corrected chi connectivity index (χ0v) is 16.0. The van der Waals surface area contributed by atoms with Gasteiger partial charge >= 0.3 is 0 Å². The Hall–Kier alpha value is -2.70. The van der Waals surface area contributed by atoms with E-state index in [1.54, 1.807) is 12.1 Å². The van der Waals surface area contributed by atoms with Crippen molar-refractivity contribution in [2.75, 3.05) is 19.8 Å². The molecule has 7 nitrogen and oxygen atoms in total. The number of nitrogens with two attached hydrogens (primary N) is 2. The van der Waals surface area contributed by atoms with E-state index in [4.69, 9.17) is 21.0 Å². The van der Waals surface area contributed by atoms with Crippen LogP contribution in [0.4, 0.5) is 0 Å². The Morgan fingerprint density at radius 1 is 1.30 bits per heavy atom. The van der Waals surface area contributed by atoms with Crippen LogP contribution in [-0.4, -0.2) is 42.6 Å². The van der Waals surface area contributed by atoms with Gasteiger partial charge in [0.05, 0.1) is 6.61 Å². The minimum atomic E-state index is -0.107. The first-order valence-electron chi connectivity index (χ1n) is 9.38. The second kappa shape index (κ2) is 10.4. The summed E-state index contributed by atoms with van der Waals surface area (Å²) in [6.45, 7) is 7.12. The number of carbonyl (C=O) groups excluding carboxylic acids is 1. The molecule has 0 heterocycles. The number of benzene rings is 1. The fraction of sp³-hybridized carbons (Fsp3) is 0.500. The van der Waals surface area contributed by atoms with E-state index >= 15 is 0 Å². The van der Waals surface area contributed by atoms with Gasteiger partial charge in [0.25, 0.3) is 5.91 Å². The smallest absolute Gasteiger partial charge is 0.254 e. The van der Waals surface area contributed by atoms with Crippen LogP contribution >= 0.6 is 0 Å². The summed E-state index contributed by atoms with van der Waals surface area (Å²) in [7, 11) is 0. The number of hydrogen-bond donors (Lipinski definition) is 2. The van der Waals surface area contributed by atoms with E-state index in [1.807, 2.05) is 24.0 Å². The van der Waals surface area contributed by atoms with Gasteiger partial charge in [-0.25, -0.2) is 0 Å². The fourth-order valence-electron chi connectivity index (χ4n) is 3.31. The van der Waals surface area contributed by atoms with Gasteiger partial charge in [-0.1, -0.05) is 18.9 Å². The molecule has 148 valence electrons. The third-order valence-corrected chi connectivity index (χ3v) is 4.47. The fourth-order valence-corrected chi connectivity index (χ4v) is 3.31. The lowest BCUT2D eigenvalue weighted by Crippen LogP contribution is -2.39. The number of hydrogen-bond acceptors (Lipinski definition) is 4. The number of oxime groups is 1. The van der Waals surface area contributed by atoms with Gasteiger partial charge in [0.15, 0.2) is 0 Å². The maximum Gasteiger partial charge on any atom is 0.254 e. The lowest BCUT2D eigenvalue weighted by atomic mass is 10.1. The minimum Gasteiger partial charge on any atom is -0.493 e. The second-order valence-corrected chi connectivity index (χ2v) is 6.77. The highest BCUT2D eigenvalue weighted by Gasteiger charge is 2.26. The lowest BCUT2D eigenvalue weighted by molar-refractivity contribution is 0.0705. The highest BCUT2D eigenvalue weighted by molar-refractivity contribution is 5.95. The van der Waals surface area contributed by atoms with Crippen LogP contribution in [0.5, 0.6) is 5.75 Å². The average Bonchev–Trinajstić information content (AvgIpc) is 3.15. The Balaban J connectivity index is 1.98. The number of ether oxygens (including phenoxy) is 1. The van der Waals surface area contributed by atoms with Crippen molar-refractivity contribution in [3.8, 4) is 5.75 Å². The molecule has 2 rings (SSSR count). The standard InChI is InChI=1S/C20H30N4O3/c1-3-9-24(17-7-4-5-8-17)19(25)16-12-15(2)13-18(14-16)26-10-6-11-27-23-20(21)22/h3,12-14,17H,1,4-11H2,2H3,(H4,21,22,23). The molecular weight excluding hydrogens is 344 g/mol. The summed E-state index contributed by atoms with van der Waals surface area (Å²) in [6.07, 6.45) is 6.89. The van der Waals surface area contributed by atoms with Crippen molar-refractivity contribution in [1.82, 2.24) is 4.90 Å². The molecule has 0 atom stereocenters. The first kappa shape index (κ1) is 20.6. The van der Waals surface area contributed by atoms with Gasteiger partial charge in [-0.15, -0.1) is 6.58 Å². The Labute approximate surface area is 161 Å². The van der Waals surface area contributed by atoms with Crippen molar-refractivity contribution >= 4 is 11.9 Å². The predicted octanol–water partition coefficient (Wildman–Crippen LogP) is 2.54. The van der Waals surface area contributed by atoms with Crippen LogP contribution in [0.25, 0.3) is 0 Å². The lowest BCUT2D eigenvalue weighted by Gasteiger charge is -2.28. The van der Waals surface area contributed by atoms with E-state index < -0.39 is 0 Å². The van der Waals surface area contributed by atoms with Gasteiger partial charge in [-0.05, 0) is 48.7 Å². The van der Waals surface area contributed by atoms with E-state index in [1.165, 1.54) is 12.8 Å². The zero-order valence-electron chi connectivity index (χ0n) is 16.0. The van der Waals surface area contributed by atoms with Crippen molar-refractivity contribution < 1.29 is 14.4 Å². The molecule has 0 spiro atoms. The Morgan fingerprint density at radius 2 is 2.04 bits per heavy atom. The van der Waals surface area contributed by atoms with Crippen LogP contribution in [-0.2, 0) is 4.84 Å². The van der Waals surface area contributed by atoms with Crippen molar-refractivity contribution in [3.63, 3.8) is 0 Å². The number of amides is 1. The number of rotatable bonds is 10. The highest BCUT2D eigenvalue weighted by Crippen LogP contribution is 2.26. The van der Waals surface area contributed by atoms with Crippen LogP contribution in [0.1, 0.15) is 48.0 Å². The second-order valence-electron chi connectivity index (χ2n) is 6.77. The summed E-state index contributed by atoms with van der Waals surface area (Å²) in [6, 6.07) is 5.92. The van der Waals surface area contributed by atoms with Gasteiger partial charge in [-0.3, -0.25) is 4.79 Å². The van der Waals surface area contributed by atoms with Gasteiger partial charge in [0.2, 0.25) is 5.96 Å². The minimum absolute atomic E-state index is 0.0337. The molecule has 0 bridgehead atoms. The number of carbonyl (C=O) groups is 1. The molecule has 1 aromatic rings. The average molecular weight is 374 g/mol. The van der Waals surface area contributed by atoms with Gasteiger partial charge in [0.1, 0.15) is 12.4 Å². The molecule has 7 heteroatoms. The van der Waals surface area contributed by atoms with E-state index in [9.17, 15) is 4.79 Å². The van der Waals surface area contributed by atoms with E-state index in [0.717, 1.165) is 18.4 Å². The van der Waals surface area contributed by atoms with Crippen LogP contribution in [0, 0.1) is 6.92 Å². The molecule has 0 unspecified atom stereocenters. The number of guanidine groups is 1. The van der Waals surface area contributed by atoms with Gasteiger partial charge in [0, 0.05) is 24.6 Å². The molecule has 1 saturated carbocycles. The molecule has 0 saturated heterocycles. The van der Waals surface area contributed by atoms with Crippen LogP contribution in [0.2, 0.25) is 0 Å². The summed E-state index contributed by atoms with van der Waals surface area (Å²) in [4.78, 5) is 19.9. The molecule has 1 aliphatic rings. The molecule has 1 fully saturated rings. The molecule has 0 aromatic heterocycles. The molecule has 0 aliphatic heterocycles. The normalized spacial score (nSPS) is 13.8. The number of aryl methyl sites for hydroxylation is 1. The third kappa shape index (κ3) is 6.51. The molecule has 4 N–H and O–H groups in total. The molecule has 0 radical (unpaired) electrons. The van der Waals surface area contributed by atoms with Crippen molar-refractivity contribution in [1.29, 1.82) is 0 Å². The van der Waals surface area contributed by atoms with Gasteiger partial charge in [-0.2, -0.15) is 0 Å². The Morgan fingerprint density at radius 3 is 2.70 bits per heavy atom. The summed E-state index contributed by atoms with van der Waals surface area (Å²) >= 11 is 0. The first-order chi connectivity index (χ1) is 13.0. The van der Waals surface area contributed by atoms with E-state index in [0.29, 0.717) is 43.5 Å². The highest BCUT2D eigenvalue weighted by atomic mass is 16.6. The van der Waals surface area contributed by atoms with Gasteiger partial charge < -0.3 is 25.9 Å². The monoisotopic (exact) mass is 374 g/mol. The maximum atomic E-state index is 13.1.